The van der Waals surface area contributed by atoms with Crippen LogP contribution in [0.2, 0.25) is 0 Å². The molecule has 0 heterocycles. The maximum Gasteiger partial charge on any atom is 0 e. The van der Waals surface area contributed by atoms with Gasteiger partial charge in [-0.1, -0.05) is 0 Å². The summed E-state index contributed by atoms with van der Waals surface area (Å²) in [6, 6.07) is 0. The van der Waals surface area contributed by atoms with Gasteiger partial charge in [-0.05, 0) is 0 Å². The van der Waals surface area contributed by atoms with E-state index in [1.165, 1.54) is 0 Å². The second-order valence-electron chi connectivity index (χ2n) is 0. The van der Waals surface area contributed by atoms with Crippen LogP contribution in [-0.2, 0) is 0 Å². The van der Waals surface area contributed by atoms with Crippen molar-refractivity contribution in [1.29, 1.82) is 0 Å². The fourth-order valence-electron chi connectivity index (χ4n) is 0. The smallest absolute Gasteiger partial charge is 0 e. The fraction of sp³-hybridized carbons (Fsp3) is 0. The SMILES string of the molecule is [Mg].[Mg].[Mg].[Pr]. The van der Waals surface area contributed by atoms with E-state index in [0.717, 1.165) is 0 Å². The van der Waals surface area contributed by atoms with E-state index in [2.05, 4.69) is 0 Å². The van der Waals surface area contributed by atoms with E-state index >= 15 is 0 Å². The van der Waals surface area contributed by atoms with Crippen LogP contribution in [0.15, 0.2) is 0 Å². The van der Waals surface area contributed by atoms with E-state index in [4.69, 9.17) is 0 Å². The molecule has 0 atom stereocenters. The van der Waals surface area contributed by atoms with E-state index in [-0.39, 0.29) is 110 Å². The Morgan fingerprint density at radius 3 is 0.500 bits per heavy atom. The van der Waals surface area contributed by atoms with E-state index in [1.54, 1.807) is 0 Å². The first kappa shape index (κ1) is 25.4. The zero-order chi connectivity index (χ0) is 0. The normalized spacial score (nSPS) is 0. The molecule has 4 heteroatoms. The first-order chi connectivity index (χ1) is 0. The van der Waals surface area contributed by atoms with Gasteiger partial charge in [0.2, 0.25) is 0 Å². The number of hydrogen-bond acceptors (Lipinski definition) is 0. The first-order valence-electron chi connectivity index (χ1n) is 0. The Kier molecular flexibility index (Phi) is 101. The van der Waals surface area contributed by atoms with Gasteiger partial charge in [-0.3, -0.25) is 0 Å². The molecule has 9 valence electrons. The Morgan fingerprint density at radius 2 is 0.500 bits per heavy atom. The van der Waals surface area contributed by atoms with Crippen LogP contribution >= 0.6 is 0 Å². The molecule has 0 N–H and O–H groups in total. The number of rotatable bonds is 0. The second-order valence-corrected chi connectivity index (χ2v) is 0. The van der Waals surface area contributed by atoms with Crippen LogP contribution in [0.5, 0.6) is 0 Å². The van der Waals surface area contributed by atoms with Crippen molar-refractivity contribution in [3.8, 4) is 0 Å². The van der Waals surface area contributed by atoms with Gasteiger partial charge in [0.25, 0.3) is 0 Å². The zero-order valence-electron chi connectivity index (χ0n) is 2.70. The van der Waals surface area contributed by atoms with E-state index in [1.807, 2.05) is 0 Å². The largest absolute Gasteiger partial charge is 0 e. The van der Waals surface area contributed by atoms with Gasteiger partial charge < -0.3 is 0 Å². The van der Waals surface area contributed by atoms with Crippen LogP contribution in [-0.4, -0.2) is 69.2 Å². The first-order valence-corrected chi connectivity index (χ1v) is 0. The Hall–Kier alpha value is 3.66. The summed E-state index contributed by atoms with van der Waals surface area (Å²) in [5.41, 5.74) is 0. The Bertz CT molecular complexity index is 3.25. The Morgan fingerprint density at radius 1 is 0.500 bits per heavy atom. The summed E-state index contributed by atoms with van der Waals surface area (Å²) in [5, 5.41) is 0. The predicted octanol–water partition coefficient (Wildman–Crippen LogP) is -1.14. The minimum absolute atomic E-state index is 0. The summed E-state index contributed by atoms with van der Waals surface area (Å²) in [4.78, 5) is 0. The molecule has 0 fully saturated rings. The van der Waals surface area contributed by atoms with Gasteiger partial charge in [-0.25, -0.2) is 0 Å². The minimum atomic E-state index is 0. The zero-order valence-corrected chi connectivity index (χ0v) is 10.6. The van der Waals surface area contributed by atoms with Crippen LogP contribution < -0.4 is 0 Å². The maximum atomic E-state index is 0. The molecule has 0 amide bonds. The van der Waals surface area contributed by atoms with Gasteiger partial charge in [0.15, 0.2) is 0 Å². The van der Waals surface area contributed by atoms with Crippen molar-refractivity contribution in [1.82, 2.24) is 0 Å². The molecule has 0 spiro atoms. The van der Waals surface area contributed by atoms with Gasteiger partial charge in [-0.15, -0.1) is 0 Å². The fourth-order valence-corrected chi connectivity index (χ4v) is 0. The molecular weight excluding hydrogens is 214 g/mol. The van der Waals surface area contributed by atoms with Crippen LogP contribution in [0, 0.1) is 41.3 Å². The predicted molar refractivity (Wildman–Crippen MR) is 17.3 cm³/mol. The molecule has 0 aromatic rings. The van der Waals surface area contributed by atoms with Crippen LogP contribution in [0.25, 0.3) is 0 Å². The number of hydrogen-bond donors (Lipinski definition) is 0. The molecule has 0 bridgehead atoms. The molecule has 0 aromatic carbocycles. The summed E-state index contributed by atoms with van der Waals surface area (Å²) >= 11 is 0. The van der Waals surface area contributed by atoms with Crippen molar-refractivity contribution in [2.75, 3.05) is 0 Å². The quantitative estimate of drug-likeness (QED) is 0.447. The molecule has 7 radical (unpaired) electrons. The second kappa shape index (κ2) is 15.9. The molecule has 0 saturated carbocycles. The summed E-state index contributed by atoms with van der Waals surface area (Å²) < 4.78 is 0. The molecule has 4 heavy (non-hydrogen) atoms. The van der Waals surface area contributed by atoms with Crippen molar-refractivity contribution in [2.45, 2.75) is 0 Å². The van der Waals surface area contributed by atoms with E-state index in [9.17, 15) is 0 Å². The monoisotopic (exact) mass is 213 g/mol. The van der Waals surface area contributed by atoms with Crippen molar-refractivity contribution in [2.24, 2.45) is 0 Å². The van der Waals surface area contributed by atoms with E-state index < -0.39 is 0 Å². The molecule has 0 nitrogen and oxygen atoms in total. The van der Waals surface area contributed by atoms with Crippen molar-refractivity contribution < 1.29 is 41.3 Å². The van der Waals surface area contributed by atoms with Gasteiger partial charge in [0.1, 0.15) is 0 Å². The van der Waals surface area contributed by atoms with Crippen LogP contribution in [0.1, 0.15) is 0 Å². The molecule has 0 saturated heterocycles. The molecule has 0 rings (SSSR count). The molecule has 0 aliphatic heterocycles. The van der Waals surface area contributed by atoms with Gasteiger partial charge in [-0.2, -0.15) is 0 Å². The van der Waals surface area contributed by atoms with E-state index in [0.29, 0.717) is 0 Å². The third kappa shape index (κ3) is 9.18. The van der Waals surface area contributed by atoms with Gasteiger partial charge >= 0.3 is 0 Å². The van der Waals surface area contributed by atoms with Gasteiger partial charge in [0.05, 0.1) is 0 Å². The van der Waals surface area contributed by atoms with Crippen LogP contribution in [0.4, 0.5) is 0 Å². The summed E-state index contributed by atoms with van der Waals surface area (Å²) in [7, 11) is 0. The van der Waals surface area contributed by atoms with Crippen molar-refractivity contribution in [3.05, 3.63) is 0 Å². The molecular formula is Mg3Pr. The average Bonchev–Trinajstić information content (AvgIpc) is 0. The Balaban J connectivity index is 0. The standard InChI is InChI=1S/3Mg.Pr. The summed E-state index contributed by atoms with van der Waals surface area (Å²) in [6.45, 7) is 0. The summed E-state index contributed by atoms with van der Waals surface area (Å²) in [6.07, 6.45) is 0. The maximum absolute atomic E-state index is 0. The van der Waals surface area contributed by atoms with Crippen molar-refractivity contribution >= 4 is 69.2 Å². The third-order valence-corrected chi connectivity index (χ3v) is 0. The molecule has 0 aliphatic carbocycles. The molecule has 0 unspecified atom stereocenters. The molecule has 0 aromatic heterocycles. The average molecular weight is 214 g/mol. The summed E-state index contributed by atoms with van der Waals surface area (Å²) in [5.74, 6) is 0. The minimum Gasteiger partial charge on any atom is 0 e. The van der Waals surface area contributed by atoms with Crippen LogP contribution in [0.3, 0.4) is 0 Å². The van der Waals surface area contributed by atoms with Crippen molar-refractivity contribution in [3.63, 3.8) is 0 Å². The third-order valence-electron chi connectivity index (χ3n) is 0. The van der Waals surface area contributed by atoms with Gasteiger partial charge in [0, 0.05) is 110 Å². The topological polar surface area (TPSA) is 0 Å². The Labute approximate surface area is 108 Å². The molecule has 0 aliphatic rings.